The summed E-state index contributed by atoms with van der Waals surface area (Å²) in [6.45, 7) is 7.01. The molecule has 1 unspecified atom stereocenters. The van der Waals surface area contributed by atoms with E-state index in [0.29, 0.717) is 23.7 Å². The predicted octanol–water partition coefficient (Wildman–Crippen LogP) is 5.40. The molecule has 35 heavy (non-hydrogen) atoms. The topological polar surface area (TPSA) is 82.7 Å². The van der Waals surface area contributed by atoms with E-state index in [9.17, 15) is 4.79 Å². The molecule has 3 atom stereocenters. The van der Waals surface area contributed by atoms with Gasteiger partial charge < -0.3 is 10.5 Å². The van der Waals surface area contributed by atoms with E-state index in [4.69, 9.17) is 15.9 Å². The zero-order valence-electron chi connectivity index (χ0n) is 21.2. The largest absolute Gasteiger partial charge is 0.474 e. The molecule has 186 valence electrons. The Kier molecular flexibility index (Phi) is 6.34. The van der Waals surface area contributed by atoms with Crippen molar-refractivity contribution in [2.45, 2.75) is 95.5 Å². The van der Waals surface area contributed by atoms with Crippen molar-refractivity contribution in [2.24, 2.45) is 5.73 Å². The molecule has 3 aliphatic rings. The molecule has 0 spiro atoms. The van der Waals surface area contributed by atoms with Crippen molar-refractivity contribution in [1.82, 2.24) is 4.90 Å². The van der Waals surface area contributed by atoms with Crippen LogP contribution in [-0.4, -0.2) is 40.3 Å². The third-order valence-electron chi connectivity index (χ3n) is 8.55. The molecule has 0 radical (unpaired) electrons. The van der Waals surface area contributed by atoms with Crippen LogP contribution in [0.5, 0.6) is 5.75 Å². The molecule has 6 nitrogen and oxygen atoms in total. The van der Waals surface area contributed by atoms with E-state index >= 15 is 0 Å². The molecule has 2 fully saturated rings. The number of hydrogen-bond acceptors (Lipinski definition) is 4. The molecular weight excluding hydrogens is 436 g/mol. The molecule has 2 aliphatic heterocycles. The van der Waals surface area contributed by atoms with Gasteiger partial charge in [0.1, 0.15) is 11.6 Å². The summed E-state index contributed by atoms with van der Waals surface area (Å²) in [6.07, 6.45) is 7.28. The normalized spacial score (nSPS) is 31.5. The molecule has 1 saturated heterocycles. The maximum Gasteiger partial charge on any atom is 0.273 e. The number of nitrogen functional groups attached to an aromatic ring is 1. The Morgan fingerprint density at radius 1 is 1.03 bits per heavy atom. The van der Waals surface area contributed by atoms with Gasteiger partial charge in [0.25, 0.3) is 5.91 Å². The average molecular weight is 475 g/mol. The van der Waals surface area contributed by atoms with Gasteiger partial charge in [0.05, 0.1) is 5.69 Å². The number of amides is 1. The second-order valence-corrected chi connectivity index (χ2v) is 11.0. The van der Waals surface area contributed by atoms with Gasteiger partial charge in [-0.05, 0) is 77.5 Å². The molecule has 6 heteroatoms. The molecule has 2 heterocycles. The van der Waals surface area contributed by atoms with Gasteiger partial charge in [0.15, 0.2) is 0 Å². The number of amidine groups is 1. The summed E-state index contributed by atoms with van der Waals surface area (Å²) in [5.74, 6) is 0.677. The lowest BCUT2D eigenvalue weighted by Gasteiger charge is -2.52. The van der Waals surface area contributed by atoms with Crippen molar-refractivity contribution in [1.29, 1.82) is 5.41 Å². The minimum Gasteiger partial charge on any atom is -0.474 e. The SMILES string of the molecule is C[C@@H]1CCC[C@H](C)N1C1CCC(C)(N2C(=O)C(c3cccc(C(=N)N)c3)Oc3ccccc32)CC1. The van der Waals surface area contributed by atoms with Crippen LogP contribution >= 0.6 is 0 Å². The van der Waals surface area contributed by atoms with Crippen LogP contribution in [0, 0.1) is 5.41 Å². The number of carbonyl (C=O) groups excluding carboxylic acids is 1. The van der Waals surface area contributed by atoms with E-state index in [2.05, 4.69) is 25.7 Å². The number of fused-ring (bicyclic) bond motifs is 1. The van der Waals surface area contributed by atoms with Crippen LogP contribution in [0.3, 0.4) is 0 Å². The quantitative estimate of drug-likeness (QED) is 0.459. The number of nitrogens with zero attached hydrogens (tertiary/aromatic N) is 2. The van der Waals surface area contributed by atoms with Crippen molar-refractivity contribution in [3.8, 4) is 5.75 Å². The van der Waals surface area contributed by atoms with Crippen LogP contribution in [0.1, 0.15) is 82.9 Å². The molecule has 5 rings (SSSR count). The van der Waals surface area contributed by atoms with Crippen LogP contribution in [0.15, 0.2) is 48.5 Å². The highest BCUT2D eigenvalue weighted by Crippen LogP contribution is 2.47. The van der Waals surface area contributed by atoms with Crippen molar-refractivity contribution in [3.05, 3.63) is 59.7 Å². The lowest BCUT2D eigenvalue weighted by Crippen LogP contribution is -2.59. The van der Waals surface area contributed by atoms with E-state index in [0.717, 1.165) is 42.7 Å². The number of piperidine rings is 1. The minimum atomic E-state index is -0.749. The predicted molar refractivity (Wildman–Crippen MR) is 140 cm³/mol. The molecule has 1 amide bonds. The van der Waals surface area contributed by atoms with Gasteiger partial charge in [0.2, 0.25) is 6.10 Å². The van der Waals surface area contributed by atoms with Gasteiger partial charge in [0, 0.05) is 34.8 Å². The van der Waals surface area contributed by atoms with E-state index in [-0.39, 0.29) is 17.3 Å². The zero-order valence-corrected chi connectivity index (χ0v) is 21.2. The van der Waals surface area contributed by atoms with E-state index in [1.54, 1.807) is 12.1 Å². The standard InChI is InChI=1S/C29H38N4O2/c1-19-8-6-9-20(2)32(19)23-14-16-29(3,17-15-23)33-24-12-4-5-13-25(24)35-26(28(33)34)21-10-7-11-22(18-21)27(30)31/h4-5,7,10-13,18-20,23,26H,6,8-9,14-17H2,1-3H3,(H3,30,31)/t19-,20+,23?,26?,29?. The number of hydrogen-bond donors (Lipinski definition) is 2. The molecule has 0 bridgehead atoms. The molecule has 1 saturated carbocycles. The van der Waals surface area contributed by atoms with Crippen LogP contribution in [0.2, 0.25) is 0 Å². The summed E-state index contributed by atoms with van der Waals surface area (Å²) >= 11 is 0. The van der Waals surface area contributed by atoms with Crippen LogP contribution < -0.4 is 15.4 Å². The van der Waals surface area contributed by atoms with Crippen molar-refractivity contribution in [3.63, 3.8) is 0 Å². The average Bonchev–Trinajstić information content (AvgIpc) is 2.84. The summed E-state index contributed by atoms with van der Waals surface area (Å²) in [7, 11) is 0. The van der Waals surface area contributed by atoms with Gasteiger partial charge in [-0.25, -0.2) is 0 Å². The highest BCUT2D eigenvalue weighted by atomic mass is 16.5. The fourth-order valence-electron chi connectivity index (χ4n) is 6.70. The number of nitrogens with one attached hydrogen (secondary N) is 1. The van der Waals surface area contributed by atoms with Gasteiger partial charge in [-0.3, -0.25) is 20.0 Å². The fraction of sp³-hybridized carbons (Fsp3) is 0.517. The fourth-order valence-corrected chi connectivity index (χ4v) is 6.70. The minimum absolute atomic E-state index is 0.0150. The third-order valence-corrected chi connectivity index (χ3v) is 8.55. The highest BCUT2D eigenvalue weighted by molar-refractivity contribution is 6.02. The lowest BCUT2D eigenvalue weighted by molar-refractivity contribution is -0.128. The Bertz CT molecular complexity index is 1100. The van der Waals surface area contributed by atoms with E-state index in [1.165, 1.54) is 19.3 Å². The first-order valence-corrected chi connectivity index (χ1v) is 13.1. The Hall–Kier alpha value is -2.86. The summed E-state index contributed by atoms with van der Waals surface area (Å²) < 4.78 is 6.26. The maximum absolute atomic E-state index is 14.1. The number of para-hydroxylation sites is 2. The van der Waals surface area contributed by atoms with Crippen molar-refractivity contribution < 1.29 is 9.53 Å². The first-order valence-electron chi connectivity index (χ1n) is 13.1. The number of benzene rings is 2. The maximum atomic E-state index is 14.1. The lowest BCUT2D eigenvalue weighted by atomic mass is 9.76. The number of ether oxygens (including phenoxy) is 1. The third kappa shape index (κ3) is 4.33. The molecule has 1 aliphatic carbocycles. The Morgan fingerprint density at radius 2 is 1.71 bits per heavy atom. The van der Waals surface area contributed by atoms with Gasteiger partial charge >= 0.3 is 0 Å². The molecule has 2 aromatic rings. The van der Waals surface area contributed by atoms with Crippen molar-refractivity contribution in [2.75, 3.05) is 4.90 Å². The first-order chi connectivity index (χ1) is 16.8. The van der Waals surface area contributed by atoms with Crippen LogP contribution in [-0.2, 0) is 4.79 Å². The molecule has 3 N–H and O–H groups in total. The first kappa shape index (κ1) is 23.9. The second-order valence-electron chi connectivity index (χ2n) is 11.0. The van der Waals surface area contributed by atoms with Crippen LogP contribution in [0.25, 0.3) is 0 Å². The summed E-state index contributed by atoms with van der Waals surface area (Å²) in [5.41, 5.74) is 7.64. The van der Waals surface area contributed by atoms with Gasteiger partial charge in [-0.1, -0.05) is 36.8 Å². The van der Waals surface area contributed by atoms with Crippen molar-refractivity contribution >= 4 is 17.4 Å². The number of rotatable bonds is 4. The Labute approximate surface area is 208 Å². The number of nitrogens with two attached hydrogens (primary N) is 1. The summed E-state index contributed by atoms with van der Waals surface area (Å²) in [4.78, 5) is 18.8. The van der Waals surface area contributed by atoms with E-state index in [1.807, 2.05) is 41.3 Å². The highest BCUT2D eigenvalue weighted by Gasteiger charge is 2.47. The van der Waals surface area contributed by atoms with Crippen LogP contribution in [0.4, 0.5) is 5.69 Å². The number of likely N-dealkylation sites (tertiary alicyclic amines) is 1. The number of anilines is 1. The number of carbonyl (C=O) groups is 1. The molecule has 0 aromatic heterocycles. The van der Waals surface area contributed by atoms with Gasteiger partial charge in [-0.15, -0.1) is 0 Å². The second kappa shape index (κ2) is 9.30. The zero-order chi connectivity index (χ0) is 24.7. The molecule has 2 aromatic carbocycles. The Balaban J connectivity index is 1.44. The van der Waals surface area contributed by atoms with E-state index < -0.39 is 6.10 Å². The summed E-state index contributed by atoms with van der Waals surface area (Å²) in [5, 5.41) is 7.81. The smallest absolute Gasteiger partial charge is 0.273 e. The Morgan fingerprint density at radius 3 is 2.40 bits per heavy atom. The monoisotopic (exact) mass is 474 g/mol. The molecular formula is C29H38N4O2. The van der Waals surface area contributed by atoms with Gasteiger partial charge in [-0.2, -0.15) is 0 Å². The summed E-state index contributed by atoms with van der Waals surface area (Å²) in [6, 6.07) is 17.0.